The molecule has 0 spiro atoms. The van der Waals surface area contributed by atoms with Crippen molar-refractivity contribution in [2.45, 2.75) is 58.7 Å². The summed E-state index contributed by atoms with van der Waals surface area (Å²) in [5, 5.41) is 26.2. The van der Waals surface area contributed by atoms with E-state index < -0.39 is 0 Å². The van der Waals surface area contributed by atoms with Crippen LogP contribution in [-0.2, 0) is 13.1 Å². The first-order chi connectivity index (χ1) is 14.5. The Hall–Kier alpha value is -2.14. The number of fused-ring (bicyclic) bond motifs is 1. The van der Waals surface area contributed by atoms with E-state index in [2.05, 4.69) is 55.1 Å². The molecule has 0 fully saturated rings. The average molecular weight is 524 g/mol. The van der Waals surface area contributed by atoms with E-state index in [1.165, 1.54) is 0 Å². The zero-order valence-electron chi connectivity index (χ0n) is 17.4. The maximum atomic E-state index is 10.2. The number of phenols is 1. The lowest BCUT2D eigenvalue weighted by Gasteiger charge is -2.16. The molecular weight excluding hydrogens is 495 g/mol. The molecule has 0 bridgehead atoms. The predicted molar refractivity (Wildman–Crippen MR) is 128 cm³/mol. The van der Waals surface area contributed by atoms with Crippen LogP contribution in [0.4, 0.5) is 11.8 Å². The van der Waals surface area contributed by atoms with Crippen LogP contribution in [0.3, 0.4) is 0 Å². The molecule has 0 radical (unpaired) electrons. The molecule has 1 aromatic carbocycles. The highest BCUT2D eigenvalue weighted by Gasteiger charge is 2.16. The van der Waals surface area contributed by atoms with Crippen molar-refractivity contribution < 1.29 is 10.2 Å². The molecule has 162 valence electrons. The number of hydrogen-bond acceptors (Lipinski definition) is 7. The Balaban J connectivity index is 1.92. The number of aryl methyl sites for hydroxylation is 1. The number of anilines is 2. The van der Waals surface area contributed by atoms with Crippen molar-refractivity contribution >= 4 is 45.5 Å². The summed E-state index contributed by atoms with van der Waals surface area (Å²) in [6, 6.07) is 5.37. The van der Waals surface area contributed by atoms with Gasteiger partial charge in [-0.15, -0.1) is 0 Å². The van der Waals surface area contributed by atoms with Gasteiger partial charge in [-0.25, -0.2) is 4.98 Å². The molecule has 0 aliphatic carbocycles. The molecule has 2 aromatic heterocycles. The molecular formula is C21H29IN6O2. The van der Waals surface area contributed by atoms with Crippen molar-refractivity contribution in [1.82, 2.24) is 19.5 Å². The van der Waals surface area contributed by atoms with Crippen molar-refractivity contribution in [2.75, 3.05) is 17.2 Å². The highest BCUT2D eigenvalue weighted by molar-refractivity contribution is 14.1. The minimum absolute atomic E-state index is 0.00669. The molecule has 30 heavy (non-hydrogen) atoms. The minimum atomic E-state index is -0.119. The number of imidazole rings is 1. The smallest absolute Gasteiger partial charge is 0.227 e. The van der Waals surface area contributed by atoms with E-state index in [1.807, 2.05) is 23.6 Å². The number of phenolic OH excluding ortho intramolecular Hbond substituents is 1. The van der Waals surface area contributed by atoms with E-state index in [1.54, 1.807) is 12.4 Å². The van der Waals surface area contributed by atoms with Crippen LogP contribution < -0.4 is 10.6 Å². The first kappa shape index (κ1) is 22.5. The highest BCUT2D eigenvalue weighted by Crippen LogP contribution is 2.25. The Morgan fingerprint density at radius 1 is 1.20 bits per heavy atom. The Labute approximate surface area is 190 Å². The Morgan fingerprint density at radius 3 is 2.77 bits per heavy atom. The molecule has 0 amide bonds. The van der Waals surface area contributed by atoms with Gasteiger partial charge >= 0.3 is 0 Å². The second-order valence-corrected chi connectivity index (χ2v) is 8.52. The van der Waals surface area contributed by atoms with Crippen molar-refractivity contribution in [1.29, 1.82) is 0 Å². The van der Waals surface area contributed by atoms with Crippen LogP contribution in [0, 0.1) is 3.57 Å². The van der Waals surface area contributed by atoms with Crippen molar-refractivity contribution in [3.05, 3.63) is 33.7 Å². The summed E-state index contributed by atoms with van der Waals surface area (Å²) in [5.74, 6) is 1.29. The number of benzene rings is 1. The summed E-state index contributed by atoms with van der Waals surface area (Å²) in [7, 11) is 0. The predicted octanol–water partition coefficient (Wildman–Crippen LogP) is 4.12. The van der Waals surface area contributed by atoms with Gasteiger partial charge in [-0.2, -0.15) is 9.97 Å². The van der Waals surface area contributed by atoms with E-state index in [0.29, 0.717) is 23.8 Å². The Morgan fingerprint density at radius 2 is 2.03 bits per heavy atom. The Bertz CT molecular complexity index is 974. The first-order valence-corrected chi connectivity index (χ1v) is 11.4. The fourth-order valence-electron chi connectivity index (χ4n) is 3.16. The molecule has 2 heterocycles. The van der Waals surface area contributed by atoms with Crippen molar-refractivity contribution in [2.24, 2.45) is 0 Å². The number of halogens is 1. The second kappa shape index (κ2) is 10.8. The summed E-state index contributed by atoms with van der Waals surface area (Å²) in [6.45, 7) is 5.44. The van der Waals surface area contributed by atoms with Crippen LogP contribution in [0.5, 0.6) is 5.75 Å². The van der Waals surface area contributed by atoms with Crippen LogP contribution in [0.25, 0.3) is 11.2 Å². The van der Waals surface area contributed by atoms with Gasteiger partial charge in [0.15, 0.2) is 17.0 Å². The fourth-order valence-corrected chi connectivity index (χ4v) is 3.72. The quantitative estimate of drug-likeness (QED) is 0.221. The lowest BCUT2D eigenvalue weighted by Crippen LogP contribution is -2.24. The van der Waals surface area contributed by atoms with E-state index in [4.69, 9.17) is 0 Å². The average Bonchev–Trinajstić information content (AvgIpc) is 3.15. The topological polar surface area (TPSA) is 108 Å². The van der Waals surface area contributed by atoms with Gasteiger partial charge in [0.25, 0.3) is 0 Å². The van der Waals surface area contributed by atoms with Gasteiger partial charge < -0.3 is 25.4 Å². The number of unbranched alkanes of at least 4 members (excludes halogenated alkanes) is 2. The lowest BCUT2D eigenvalue weighted by atomic mass is 10.2. The molecule has 1 atom stereocenters. The molecule has 0 aliphatic rings. The molecule has 1 unspecified atom stereocenters. The maximum Gasteiger partial charge on any atom is 0.227 e. The van der Waals surface area contributed by atoms with E-state index in [9.17, 15) is 10.2 Å². The molecule has 3 rings (SSSR count). The SMILES string of the molecule is CCCCCn1cnc2c(NCc3cc(I)ccc3O)nc(NC(CC)CO)nc21. The van der Waals surface area contributed by atoms with Gasteiger partial charge in [-0.05, 0) is 53.6 Å². The van der Waals surface area contributed by atoms with Crippen LogP contribution in [0.1, 0.15) is 45.1 Å². The zero-order chi connectivity index (χ0) is 21.5. The number of aromatic hydroxyl groups is 1. The molecule has 3 aromatic rings. The molecule has 4 N–H and O–H groups in total. The Kier molecular flexibility index (Phi) is 8.08. The van der Waals surface area contributed by atoms with E-state index in [0.717, 1.165) is 47.0 Å². The van der Waals surface area contributed by atoms with Gasteiger partial charge in [-0.1, -0.05) is 26.7 Å². The van der Waals surface area contributed by atoms with E-state index in [-0.39, 0.29) is 18.4 Å². The highest BCUT2D eigenvalue weighted by atomic mass is 127. The number of nitrogens with zero attached hydrogens (tertiary/aromatic N) is 4. The third kappa shape index (κ3) is 5.51. The number of hydrogen-bond donors (Lipinski definition) is 4. The maximum absolute atomic E-state index is 10.2. The third-order valence-corrected chi connectivity index (χ3v) is 5.67. The van der Waals surface area contributed by atoms with E-state index >= 15 is 0 Å². The van der Waals surface area contributed by atoms with Crippen LogP contribution in [0.2, 0.25) is 0 Å². The summed E-state index contributed by atoms with van der Waals surface area (Å²) in [4.78, 5) is 13.8. The largest absolute Gasteiger partial charge is 0.508 e. The number of aliphatic hydroxyl groups excluding tert-OH is 1. The van der Waals surface area contributed by atoms with Crippen molar-refractivity contribution in [3.8, 4) is 5.75 Å². The number of aromatic nitrogens is 4. The van der Waals surface area contributed by atoms with Crippen LogP contribution in [0.15, 0.2) is 24.5 Å². The summed E-state index contributed by atoms with van der Waals surface area (Å²) in [5.41, 5.74) is 2.23. The molecule has 0 saturated heterocycles. The van der Waals surface area contributed by atoms with Gasteiger partial charge in [-0.3, -0.25) is 0 Å². The molecule has 0 saturated carbocycles. The second-order valence-electron chi connectivity index (χ2n) is 7.27. The van der Waals surface area contributed by atoms with Gasteiger partial charge in [0.1, 0.15) is 5.75 Å². The number of aliphatic hydroxyl groups is 1. The summed E-state index contributed by atoms with van der Waals surface area (Å²) in [6.07, 6.45) is 5.91. The minimum Gasteiger partial charge on any atom is -0.508 e. The standard InChI is InChI=1S/C21H29IN6O2/c1-3-5-6-9-28-13-24-18-19(23-11-14-10-15(22)7-8-17(14)30)26-21(27-20(18)28)25-16(4-2)12-29/h7-8,10,13,16,29-30H,3-6,9,11-12H2,1-2H3,(H2,23,25,26,27). The summed E-state index contributed by atoms with van der Waals surface area (Å²) < 4.78 is 3.10. The van der Waals surface area contributed by atoms with Crippen LogP contribution >= 0.6 is 22.6 Å². The third-order valence-electron chi connectivity index (χ3n) is 5.00. The van der Waals surface area contributed by atoms with Gasteiger partial charge in [0.2, 0.25) is 5.95 Å². The van der Waals surface area contributed by atoms with Gasteiger partial charge in [0.05, 0.1) is 19.0 Å². The molecule has 0 aliphatic heterocycles. The molecule has 9 heteroatoms. The number of nitrogens with one attached hydrogen (secondary N) is 2. The normalized spacial score (nSPS) is 12.3. The summed E-state index contributed by atoms with van der Waals surface area (Å²) >= 11 is 2.22. The lowest BCUT2D eigenvalue weighted by molar-refractivity contribution is 0.271. The van der Waals surface area contributed by atoms with Crippen LogP contribution in [-0.4, -0.2) is 42.4 Å². The van der Waals surface area contributed by atoms with Crippen molar-refractivity contribution in [3.63, 3.8) is 0 Å². The molecule has 8 nitrogen and oxygen atoms in total. The first-order valence-electron chi connectivity index (χ1n) is 10.4. The fraction of sp³-hybridized carbons (Fsp3) is 0.476. The zero-order valence-corrected chi connectivity index (χ0v) is 19.6. The monoisotopic (exact) mass is 524 g/mol. The van der Waals surface area contributed by atoms with Gasteiger partial charge in [0, 0.05) is 22.2 Å². The number of rotatable bonds is 11.